The van der Waals surface area contributed by atoms with Gasteiger partial charge < -0.3 is 10.3 Å². The summed E-state index contributed by atoms with van der Waals surface area (Å²) in [6.45, 7) is 2.04. The third kappa shape index (κ3) is 1.80. The maximum absolute atomic E-state index is 4.25. The van der Waals surface area contributed by atoms with Gasteiger partial charge in [0, 0.05) is 29.6 Å². The zero-order valence-electron chi connectivity index (χ0n) is 11.1. The number of fused-ring (bicyclic) bond motifs is 1. The highest BCUT2D eigenvalue weighted by Crippen LogP contribution is 2.26. The summed E-state index contributed by atoms with van der Waals surface area (Å²) in [6, 6.07) is 8.21. The Labute approximate surface area is 116 Å². The van der Waals surface area contributed by atoms with Gasteiger partial charge in [0.2, 0.25) is 0 Å². The second-order valence-electron chi connectivity index (χ2n) is 5.21. The van der Waals surface area contributed by atoms with E-state index < -0.39 is 0 Å². The van der Waals surface area contributed by atoms with Gasteiger partial charge >= 0.3 is 0 Å². The number of para-hydroxylation sites is 1. The number of aromatic amines is 1. The van der Waals surface area contributed by atoms with Crippen LogP contribution < -0.4 is 5.32 Å². The van der Waals surface area contributed by atoms with Crippen LogP contribution in [0.25, 0.3) is 16.6 Å². The summed E-state index contributed by atoms with van der Waals surface area (Å²) in [7, 11) is 0. The van der Waals surface area contributed by atoms with Gasteiger partial charge in [0.05, 0.1) is 5.69 Å². The van der Waals surface area contributed by atoms with Gasteiger partial charge in [0.25, 0.3) is 0 Å². The Kier molecular flexibility index (Phi) is 2.74. The molecule has 2 N–H and O–H groups in total. The van der Waals surface area contributed by atoms with Crippen LogP contribution in [-0.4, -0.2) is 38.3 Å². The molecule has 102 valence electrons. The van der Waals surface area contributed by atoms with Gasteiger partial charge in [-0.05, 0) is 35.9 Å². The average Bonchev–Trinajstić information content (AvgIpc) is 3.14. The molecule has 0 saturated carbocycles. The van der Waals surface area contributed by atoms with Crippen molar-refractivity contribution in [2.75, 3.05) is 13.1 Å². The summed E-state index contributed by atoms with van der Waals surface area (Å²) in [5.41, 5.74) is 2.12. The molecule has 0 spiro atoms. The average molecular weight is 268 g/mol. The number of tetrazole rings is 1. The van der Waals surface area contributed by atoms with Crippen LogP contribution in [0.1, 0.15) is 24.6 Å². The Morgan fingerprint density at radius 3 is 3.10 bits per heavy atom. The van der Waals surface area contributed by atoms with Crippen LogP contribution in [0, 0.1) is 0 Å². The summed E-state index contributed by atoms with van der Waals surface area (Å²) in [5.74, 6) is 1.33. The Morgan fingerprint density at radius 2 is 2.20 bits per heavy atom. The van der Waals surface area contributed by atoms with Crippen LogP contribution in [0.3, 0.4) is 0 Å². The molecule has 3 heterocycles. The van der Waals surface area contributed by atoms with Crippen molar-refractivity contribution in [2.24, 2.45) is 0 Å². The molecular weight excluding hydrogens is 252 g/mol. The molecule has 4 rings (SSSR count). The molecule has 6 heteroatoms. The maximum atomic E-state index is 4.25. The molecule has 1 aromatic carbocycles. The lowest BCUT2D eigenvalue weighted by molar-refractivity contribution is 0.440. The number of rotatable bonds is 2. The zero-order chi connectivity index (χ0) is 13.4. The molecule has 6 nitrogen and oxygen atoms in total. The maximum Gasteiger partial charge on any atom is 0.161 e. The normalized spacial score (nSPS) is 19.5. The number of benzene rings is 1. The van der Waals surface area contributed by atoms with Crippen molar-refractivity contribution in [3.63, 3.8) is 0 Å². The van der Waals surface area contributed by atoms with E-state index in [4.69, 9.17) is 0 Å². The molecule has 0 bridgehead atoms. The highest BCUT2D eigenvalue weighted by molar-refractivity contribution is 5.88. The fraction of sp³-hybridized carbons (Fsp3) is 0.357. The molecule has 1 atom stereocenters. The van der Waals surface area contributed by atoms with E-state index in [1.165, 1.54) is 6.42 Å². The van der Waals surface area contributed by atoms with Crippen LogP contribution in [-0.2, 0) is 0 Å². The van der Waals surface area contributed by atoms with Crippen LogP contribution in [0.4, 0.5) is 0 Å². The van der Waals surface area contributed by atoms with Crippen molar-refractivity contribution in [2.45, 2.75) is 18.8 Å². The van der Waals surface area contributed by atoms with Crippen molar-refractivity contribution in [3.05, 3.63) is 36.3 Å². The van der Waals surface area contributed by atoms with Crippen LogP contribution in [0.2, 0.25) is 0 Å². The quantitative estimate of drug-likeness (QED) is 0.740. The molecule has 2 aromatic heterocycles. The van der Waals surface area contributed by atoms with Crippen LogP contribution in [0.15, 0.2) is 30.5 Å². The third-order valence-corrected chi connectivity index (χ3v) is 3.95. The van der Waals surface area contributed by atoms with Crippen molar-refractivity contribution in [1.82, 2.24) is 30.5 Å². The van der Waals surface area contributed by atoms with E-state index in [9.17, 15) is 0 Å². The number of piperidine rings is 1. The molecule has 0 aliphatic carbocycles. The molecule has 1 aliphatic rings. The molecule has 20 heavy (non-hydrogen) atoms. The van der Waals surface area contributed by atoms with Gasteiger partial charge in [-0.25, -0.2) is 0 Å². The minimum Gasteiger partial charge on any atom is -0.359 e. The lowest BCUT2D eigenvalue weighted by Crippen LogP contribution is -2.30. The summed E-state index contributed by atoms with van der Waals surface area (Å²) in [5, 5.41) is 16.9. The largest absolute Gasteiger partial charge is 0.359 e. The number of H-pyrrole nitrogens is 1. The highest BCUT2D eigenvalue weighted by atomic mass is 15.5. The number of nitrogens with zero attached hydrogens (tertiary/aromatic N) is 4. The van der Waals surface area contributed by atoms with Crippen LogP contribution in [0.5, 0.6) is 0 Å². The molecule has 3 aromatic rings. The molecule has 1 aliphatic heterocycles. The second kappa shape index (κ2) is 4.72. The highest BCUT2D eigenvalue weighted by Gasteiger charge is 2.23. The van der Waals surface area contributed by atoms with Gasteiger partial charge in [0.15, 0.2) is 5.82 Å². The van der Waals surface area contributed by atoms with Gasteiger partial charge in [-0.1, -0.05) is 18.2 Å². The van der Waals surface area contributed by atoms with Crippen molar-refractivity contribution < 1.29 is 0 Å². The van der Waals surface area contributed by atoms with E-state index in [2.05, 4.69) is 38.0 Å². The van der Waals surface area contributed by atoms with E-state index in [-0.39, 0.29) is 0 Å². The fourth-order valence-electron chi connectivity index (χ4n) is 2.92. The molecule has 1 fully saturated rings. The number of hydrogen-bond donors (Lipinski definition) is 2. The summed E-state index contributed by atoms with van der Waals surface area (Å²) in [6.07, 6.45) is 4.28. The molecule has 1 saturated heterocycles. The van der Waals surface area contributed by atoms with Gasteiger partial charge in [-0.2, -0.15) is 4.68 Å². The van der Waals surface area contributed by atoms with Gasteiger partial charge in [-0.3, -0.25) is 0 Å². The monoisotopic (exact) mass is 268 g/mol. The lowest BCUT2D eigenvalue weighted by atomic mass is 9.99. The van der Waals surface area contributed by atoms with Crippen molar-refractivity contribution >= 4 is 10.9 Å². The number of aromatic nitrogens is 5. The SMILES string of the molecule is c1ccc2c(-n3nnnc3C3CCCNC3)c[nH]c2c1. The van der Waals surface area contributed by atoms with Crippen molar-refractivity contribution in [3.8, 4) is 5.69 Å². The Balaban J connectivity index is 1.81. The summed E-state index contributed by atoms with van der Waals surface area (Å²) in [4.78, 5) is 3.27. The van der Waals surface area contributed by atoms with Crippen molar-refractivity contribution in [1.29, 1.82) is 0 Å². The molecule has 0 radical (unpaired) electrons. The van der Waals surface area contributed by atoms with Crippen LogP contribution >= 0.6 is 0 Å². The standard InChI is InChI=1S/C14H16N6/c1-2-6-12-11(5-1)13(9-16-12)20-14(17-18-19-20)10-4-3-7-15-8-10/h1-2,5-6,9-10,15-16H,3-4,7-8H2. The molecular formula is C14H16N6. The first-order valence-electron chi connectivity index (χ1n) is 6.99. The first kappa shape index (κ1) is 11.6. The number of nitrogens with one attached hydrogen (secondary N) is 2. The predicted octanol–water partition coefficient (Wildman–Crippen LogP) is 1.61. The fourth-order valence-corrected chi connectivity index (χ4v) is 2.92. The van der Waals surface area contributed by atoms with Gasteiger partial charge in [-0.15, -0.1) is 5.10 Å². The predicted molar refractivity (Wildman–Crippen MR) is 75.9 cm³/mol. The van der Waals surface area contributed by atoms with E-state index >= 15 is 0 Å². The first-order valence-corrected chi connectivity index (χ1v) is 6.99. The van der Waals surface area contributed by atoms with E-state index in [1.807, 2.05) is 23.0 Å². The van der Waals surface area contributed by atoms with E-state index in [1.54, 1.807) is 0 Å². The molecule has 0 amide bonds. The first-order chi connectivity index (χ1) is 9.93. The lowest BCUT2D eigenvalue weighted by Gasteiger charge is -2.21. The molecule has 1 unspecified atom stereocenters. The zero-order valence-corrected chi connectivity index (χ0v) is 11.1. The Morgan fingerprint density at radius 1 is 1.25 bits per heavy atom. The number of hydrogen-bond acceptors (Lipinski definition) is 4. The summed E-state index contributed by atoms with van der Waals surface area (Å²) >= 11 is 0. The topological polar surface area (TPSA) is 71.4 Å². The minimum atomic E-state index is 0.382. The van der Waals surface area contributed by atoms with Gasteiger partial charge in [0.1, 0.15) is 0 Å². The Hall–Kier alpha value is -2.21. The Bertz CT molecular complexity index is 722. The summed E-state index contributed by atoms with van der Waals surface area (Å²) < 4.78 is 1.87. The second-order valence-corrected chi connectivity index (χ2v) is 5.21. The minimum absolute atomic E-state index is 0.382. The van der Waals surface area contributed by atoms with E-state index in [0.29, 0.717) is 5.92 Å². The third-order valence-electron chi connectivity index (χ3n) is 3.95. The van der Waals surface area contributed by atoms with E-state index in [0.717, 1.165) is 41.9 Å². The smallest absolute Gasteiger partial charge is 0.161 e.